The monoisotopic (exact) mass is 354 g/mol. The highest BCUT2D eigenvalue weighted by atomic mass is 16.2. The lowest BCUT2D eigenvalue weighted by molar-refractivity contribution is 0.615. The maximum atomic E-state index is 12.3. The summed E-state index contributed by atoms with van der Waals surface area (Å²) in [6.07, 6.45) is 4.69. The van der Waals surface area contributed by atoms with Gasteiger partial charge in [0.2, 0.25) is 5.95 Å². The van der Waals surface area contributed by atoms with Crippen LogP contribution in [0.5, 0.6) is 0 Å². The van der Waals surface area contributed by atoms with Gasteiger partial charge in [-0.1, -0.05) is 50.1 Å². The van der Waals surface area contributed by atoms with E-state index < -0.39 is 11.2 Å². The van der Waals surface area contributed by atoms with Crippen LogP contribution in [0.25, 0.3) is 11.2 Å². The van der Waals surface area contributed by atoms with E-state index in [4.69, 9.17) is 0 Å². The van der Waals surface area contributed by atoms with E-state index in [1.165, 1.54) is 4.57 Å². The number of H-pyrrole nitrogens is 1. The molecular weight excluding hydrogens is 332 g/mol. The van der Waals surface area contributed by atoms with E-state index in [1.54, 1.807) is 17.8 Å². The van der Waals surface area contributed by atoms with Crippen molar-refractivity contribution in [3.05, 3.63) is 56.7 Å². The smallest absolute Gasteiger partial charge is 0.303 e. The Morgan fingerprint density at radius 2 is 2.00 bits per heavy atom. The van der Waals surface area contributed by atoms with E-state index >= 15 is 0 Å². The molecule has 1 aromatic carbocycles. The van der Waals surface area contributed by atoms with Crippen LogP contribution >= 0.6 is 0 Å². The molecule has 26 heavy (non-hydrogen) atoms. The first kappa shape index (κ1) is 17.7. The topological polar surface area (TPSA) is 97.1 Å². The third-order valence-corrected chi connectivity index (χ3v) is 4.17. The maximum absolute atomic E-state index is 12.3. The minimum atomic E-state index is -0.486. The molecule has 8 nitrogen and oxygen atoms in total. The zero-order chi connectivity index (χ0) is 18.5. The molecule has 2 heterocycles. The number of nitrogens with one attached hydrogen (secondary N) is 2. The fourth-order valence-electron chi connectivity index (χ4n) is 2.76. The fraction of sp³-hybridized carbons (Fsp3) is 0.333. The number of hydrogen-bond acceptors (Lipinski definition) is 5. The normalized spacial score (nSPS) is 11.5. The molecule has 8 heteroatoms. The predicted molar refractivity (Wildman–Crippen MR) is 103 cm³/mol. The summed E-state index contributed by atoms with van der Waals surface area (Å²) in [5, 5.41) is 4.22. The van der Waals surface area contributed by atoms with Crippen molar-refractivity contribution in [1.29, 1.82) is 0 Å². The van der Waals surface area contributed by atoms with Crippen LogP contribution < -0.4 is 16.7 Å². The Labute approximate surface area is 150 Å². The highest BCUT2D eigenvalue weighted by Gasteiger charge is 2.16. The van der Waals surface area contributed by atoms with Crippen LogP contribution in [0.15, 0.2) is 45.0 Å². The Morgan fingerprint density at radius 3 is 2.73 bits per heavy atom. The van der Waals surface area contributed by atoms with Gasteiger partial charge >= 0.3 is 5.69 Å². The first-order chi connectivity index (χ1) is 12.6. The second-order valence-electron chi connectivity index (χ2n) is 6.07. The molecule has 2 aromatic heterocycles. The molecule has 0 saturated heterocycles. The highest BCUT2D eigenvalue weighted by molar-refractivity contribution is 5.80. The molecule has 2 N–H and O–H groups in total. The van der Waals surface area contributed by atoms with E-state index in [1.807, 2.05) is 30.3 Å². The lowest BCUT2D eigenvalue weighted by atomic mass is 10.2. The van der Waals surface area contributed by atoms with Crippen molar-refractivity contribution in [2.75, 3.05) is 5.43 Å². The number of imidazole rings is 1. The quantitative estimate of drug-likeness (QED) is 0.385. The van der Waals surface area contributed by atoms with Crippen molar-refractivity contribution >= 4 is 23.3 Å². The van der Waals surface area contributed by atoms with Crippen molar-refractivity contribution in [2.24, 2.45) is 12.1 Å². The molecule has 0 unspecified atom stereocenters. The van der Waals surface area contributed by atoms with E-state index in [-0.39, 0.29) is 0 Å². The molecule has 0 aliphatic carbocycles. The number of aromatic amines is 1. The standard InChI is InChI=1S/C18H22N6O2/c1-3-4-8-11-24-14-15(23(2)18(26)21-16(14)25)20-17(24)22-19-12-13-9-6-5-7-10-13/h5-7,9-10,12H,3-4,8,11H2,1-2H3,(H,20,22)(H,21,25,26)/b19-12+. The van der Waals surface area contributed by atoms with Crippen LogP contribution in [0.2, 0.25) is 0 Å². The minimum absolute atomic E-state index is 0.340. The van der Waals surface area contributed by atoms with E-state index in [0.717, 1.165) is 24.8 Å². The van der Waals surface area contributed by atoms with Crippen LogP contribution in [0.3, 0.4) is 0 Å². The fourth-order valence-corrected chi connectivity index (χ4v) is 2.76. The summed E-state index contributed by atoms with van der Waals surface area (Å²) < 4.78 is 3.12. The molecule has 0 bridgehead atoms. The molecule has 0 aliphatic heterocycles. The van der Waals surface area contributed by atoms with Gasteiger partial charge in [0.05, 0.1) is 6.21 Å². The number of aryl methyl sites for hydroxylation is 2. The van der Waals surface area contributed by atoms with E-state index in [9.17, 15) is 9.59 Å². The molecule has 0 saturated carbocycles. The Kier molecular flexibility index (Phi) is 5.31. The minimum Gasteiger partial charge on any atom is -0.303 e. The van der Waals surface area contributed by atoms with Gasteiger partial charge in [0.15, 0.2) is 11.2 Å². The maximum Gasteiger partial charge on any atom is 0.329 e. The third kappa shape index (κ3) is 3.58. The summed E-state index contributed by atoms with van der Waals surface area (Å²) in [6, 6.07) is 9.66. The van der Waals surface area contributed by atoms with Crippen molar-refractivity contribution in [1.82, 2.24) is 19.1 Å². The van der Waals surface area contributed by atoms with Crippen molar-refractivity contribution in [3.63, 3.8) is 0 Å². The molecule has 0 radical (unpaired) electrons. The van der Waals surface area contributed by atoms with Gasteiger partial charge in [-0.05, 0) is 12.0 Å². The second kappa shape index (κ2) is 7.81. The van der Waals surface area contributed by atoms with E-state index in [2.05, 4.69) is 27.4 Å². The predicted octanol–water partition coefficient (Wildman–Crippen LogP) is 2.06. The van der Waals surface area contributed by atoms with Gasteiger partial charge in [-0.15, -0.1) is 0 Å². The summed E-state index contributed by atoms with van der Waals surface area (Å²) in [4.78, 5) is 30.9. The van der Waals surface area contributed by atoms with Crippen molar-refractivity contribution in [2.45, 2.75) is 32.7 Å². The van der Waals surface area contributed by atoms with Crippen molar-refractivity contribution in [3.8, 4) is 0 Å². The number of unbranched alkanes of at least 4 members (excludes halogenated alkanes) is 2. The van der Waals surface area contributed by atoms with Gasteiger partial charge in [-0.2, -0.15) is 10.1 Å². The number of benzene rings is 1. The first-order valence-electron chi connectivity index (χ1n) is 8.65. The molecule has 136 valence electrons. The lowest BCUT2D eigenvalue weighted by Gasteiger charge is -2.07. The van der Waals surface area contributed by atoms with Gasteiger partial charge in [-0.25, -0.2) is 10.2 Å². The van der Waals surface area contributed by atoms with Gasteiger partial charge < -0.3 is 4.57 Å². The Balaban J connectivity index is 1.99. The van der Waals surface area contributed by atoms with Crippen LogP contribution in [-0.2, 0) is 13.6 Å². The Bertz CT molecular complexity index is 1030. The van der Waals surface area contributed by atoms with Gasteiger partial charge in [-0.3, -0.25) is 14.3 Å². The lowest BCUT2D eigenvalue weighted by Crippen LogP contribution is -2.29. The Hall–Kier alpha value is -3.16. The SMILES string of the molecule is CCCCCn1c(N/N=C/c2ccccc2)nc2c1c(=O)[nH]c(=O)n2C. The average molecular weight is 354 g/mol. The van der Waals surface area contributed by atoms with Crippen LogP contribution in [0.4, 0.5) is 5.95 Å². The molecular formula is C18H22N6O2. The molecule has 0 spiro atoms. The summed E-state index contributed by atoms with van der Waals surface area (Å²) in [7, 11) is 1.58. The van der Waals surface area contributed by atoms with Gasteiger partial charge in [0.1, 0.15) is 0 Å². The van der Waals surface area contributed by atoms with Crippen LogP contribution in [0.1, 0.15) is 31.7 Å². The summed E-state index contributed by atoms with van der Waals surface area (Å²) in [6.45, 7) is 2.74. The number of nitrogens with zero attached hydrogens (tertiary/aromatic N) is 4. The van der Waals surface area contributed by atoms with Crippen LogP contribution in [-0.4, -0.2) is 25.3 Å². The molecule has 3 aromatic rings. The summed E-state index contributed by atoms with van der Waals surface area (Å²) >= 11 is 0. The molecule has 0 atom stereocenters. The van der Waals surface area contributed by atoms with E-state index in [0.29, 0.717) is 23.7 Å². The average Bonchev–Trinajstić information content (AvgIpc) is 3.00. The number of hydrogen-bond donors (Lipinski definition) is 2. The van der Waals surface area contributed by atoms with Gasteiger partial charge in [0, 0.05) is 13.6 Å². The summed E-state index contributed by atoms with van der Waals surface area (Å²) in [5.74, 6) is 0.440. The van der Waals surface area contributed by atoms with Gasteiger partial charge in [0.25, 0.3) is 5.56 Å². The second-order valence-corrected chi connectivity index (χ2v) is 6.07. The molecule has 0 aliphatic rings. The van der Waals surface area contributed by atoms with Crippen molar-refractivity contribution < 1.29 is 0 Å². The summed E-state index contributed by atoms with van der Waals surface area (Å²) in [5.41, 5.74) is 3.64. The highest BCUT2D eigenvalue weighted by Crippen LogP contribution is 2.16. The third-order valence-electron chi connectivity index (χ3n) is 4.17. The van der Waals surface area contributed by atoms with Crippen LogP contribution in [0, 0.1) is 0 Å². The number of rotatable bonds is 7. The number of aromatic nitrogens is 4. The molecule has 3 rings (SSSR count). The first-order valence-corrected chi connectivity index (χ1v) is 8.65. The number of fused-ring (bicyclic) bond motifs is 1. The Morgan fingerprint density at radius 1 is 1.23 bits per heavy atom. The number of anilines is 1. The number of hydrazone groups is 1. The zero-order valence-corrected chi connectivity index (χ0v) is 14.9. The largest absolute Gasteiger partial charge is 0.329 e. The molecule has 0 amide bonds. The zero-order valence-electron chi connectivity index (χ0n) is 14.9. The molecule has 0 fully saturated rings.